The lowest BCUT2D eigenvalue weighted by atomic mass is 9.46. The number of carbonyl (C=O) groups is 1. The number of rotatable bonds is 0. The van der Waals surface area contributed by atoms with Gasteiger partial charge in [-0.2, -0.15) is 0 Å². The number of aliphatic hydroxyl groups is 1. The molecule has 0 amide bonds. The Bertz CT molecular complexity index is 626. The number of terminal acetylenes is 1. The maximum absolute atomic E-state index is 11.8. The average molecular weight is 312 g/mol. The zero-order valence-corrected chi connectivity index (χ0v) is 14.4. The fourth-order valence-corrected chi connectivity index (χ4v) is 6.81. The molecule has 0 saturated heterocycles. The van der Waals surface area contributed by atoms with Gasteiger partial charge in [-0.1, -0.05) is 25.3 Å². The second-order valence-corrected chi connectivity index (χ2v) is 8.97. The van der Waals surface area contributed by atoms with E-state index < -0.39 is 5.60 Å². The topological polar surface area (TPSA) is 37.3 Å². The Morgan fingerprint density at radius 2 is 1.87 bits per heavy atom. The number of hydrogen-bond acceptors (Lipinski definition) is 2. The van der Waals surface area contributed by atoms with Crippen molar-refractivity contribution in [3.63, 3.8) is 0 Å². The van der Waals surface area contributed by atoms with Gasteiger partial charge in [0.25, 0.3) is 0 Å². The van der Waals surface area contributed by atoms with Crippen LogP contribution in [0.1, 0.15) is 65.2 Å². The molecular weight excluding hydrogens is 284 g/mol. The monoisotopic (exact) mass is 312 g/mol. The lowest BCUT2D eigenvalue weighted by Crippen LogP contribution is -2.54. The minimum absolute atomic E-state index is 0.120. The lowest BCUT2D eigenvalue weighted by Gasteiger charge is -2.58. The van der Waals surface area contributed by atoms with Gasteiger partial charge in [-0.05, 0) is 74.2 Å². The quantitative estimate of drug-likeness (QED) is 0.689. The Hall–Kier alpha value is -1.07. The summed E-state index contributed by atoms with van der Waals surface area (Å²) in [4.78, 5) is 11.8. The Balaban J connectivity index is 1.70. The summed E-state index contributed by atoms with van der Waals surface area (Å²) in [5.74, 6) is 4.93. The Labute approximate surface area is 139 Å². The summed E-state index contributed by atoms with van der Waals surface area (Å²) in [6.45, 7) is 4.63. The van der Waals surface area contributed by atoms with Crippen molar-refractivity contribution in [2.75, 3.05) is 0 Å². The number of ketones is 1. The molecule has 6 atom stereocenters. The summed E-state index contributed by atoms with van der Waals surface area (Å²) in [5, 5.41) is 11.0. The maximum atomic E-state index is 11.8. The van der Waals surface area contributed by atoms with Crippen molar-refractivity contribution in [2.45, 2.75) is 70.8 Å². The fourth-order valence-electron chi connectivity index (χ4n) is 6.81. The van der Waals surface area contributed by atoms with Gasteiger partial charge in [0.2, 0.25) is 0 Å². The van der Waals surface area contributed by atoms with Crippen LogP contribution in [0.15, 0.2) is 11.6 Å². The second kappa shape index (κ2) is 4.73. The van der Waals surface area contributed by atoms with E-state index in [-0.39, 0.29) is 10.8 Å². The van der Waals surface area contributed by atoms with Gasteiger partial charge in [-0.3, -0.25) is 4.79 Å². The Morgan fingerprint density at radius 1 is 1.13 bits per heavy atom. The smallest absolute Gasteiger partial charge is 0.155 e. The zero-order chi connectivity index (χ0) is 16.5. The third-order valence-corrected chi connectivity index (χ3v) is 8.35. The number of allylic oxidation sites excluding steroid dienone is 1. The molecule has 0 aliphatic heterocycles. The summed E-state index contributed by atoms with van der Waals surface area (Å²) in [6, 6.07) is 0. The van der Waals surface area contributed by atoms with Gasteiger partial charge in [-0.15, -0.1) is 6.42 Å². The highest BCUT2D eigenvalue weighted by atomic mass is 16.3. The molecule has 4 aliphatic carbocycles. The number of hydrogen-bond donors (Lipinski definition) is 1. The SMILES string of the molecule is C#C[C@@]1(O)CC[C@H]2[C@@H]3CCC4=CC(=O)CC[C@]4(C)[C@H]3CC[C@]21C. The summed E-state index contributed by atoms with van der Waals surface area (Å²) in [5.41, 5.74) is 0.575. The van der Waals surface area contributed by atoms with E-state index >= 15 is 0 Å². The van der Waals surface area contributed by atoms with E-state index in [2.05, 4.69) is 19.8 Å². The highest BCUT2D eigenvalue weighted by Gasteiger charge is 2.63. The first-order valence-electron chi connectivity index (χ1n) is 9.28. The standard InChI is InChI=1S/C21H28O2/c1-4-21(23)12-9-18-16-6-5-14-13-15(22)7-10-19(14,2)17(16)8-11-20(18,21)3/h1,13,16-18,23H,5-12H2,2-3H3/t16-,17+,18+,19+,20-,21-/m1/s1. The maximum Gasteiger partial charge on any atom is 0.155 e. The first-order valence-corrected chi connectivity index (χ1v) is 9.28. The summed E-state index contributed by atoms with van der Waals surface area (Å²) >= 11 is 0. The lowest BCUT2D eigenvalue weighted by molar-refractivity contribution is -0.119. The highest BCUT2D eigenvalue weighted by Crippen LogP contribution is 2.67. The van der Waals surface area contributed by atoms with E-state index in [1.54, 1.807) is 0 Å². The molecule has 124 valence electrons. The predicted octanol–water partition coefficient (Wildman–Crippen LogP) is 3.88. The molecule has 3 fully saturated rings. The van der Waals surface area contributed by atoms with Crippen molar-refractivity contribution in [1.82, 2.24) is 0 Å². The molecular formula is C21H28O2. The largest absolute Gasteiger partial charge is 0.377 e. The van der Waals surface area contributed by atoms with E-state index in [1.807, 2.05) is 6.08 Å². The van der Waals surface area contributed by atoms with E-state index in [4.69, 9.17) is 6.42 Å². The molecule has 3 saturated carbocycles. The van der Waals surface area contributed by atoms with Crippen molar-refractivity contribution in [1.29, 1.82) is 0 Å². The van der Waals surface area contributed by atoms with E-state index in [0.717, 1.165) is 38.5 Å². The van der Waals surface area contributed by atoms with Gasteiger partial charge in [-0.25, -0.2) is 0 Å². The van der Waals surface area contributed by atoms with Crippen molar-refractivity contribution in [3.8, 4) is 12.3 Å². The molecule has 0 aromatic carbocycles. The van der Waals surface area contributed by atoms with Crippen LogP contribution in [-0.4, -0.2) is 16.5 Å². The van der Waals surface area contributed by atoms with Crippen LogP contribution in [0.25, 0.3) is 0 Å². The van der Waals surface area contributed by atoms with E-state index in [0.29, 0.717) is 30.0 Å². The van der Waals surface area contributed by atoms with Crippen LogP contribution in [0.2, 0.25) is 0 Å². The highest BCUT2D eigenvalue weighted by molar-refractivity contribution is 5.91. The summed E-state index contributed by atoms with van der Waals surface area (Å²) in [7, 11) is 0. The molecule has 4 rings (SSSR count). The van der Waals surface area contributed by atoms with Crippen molar-refractivity contribution in [3.05, 3.63) is 11.6 Å². The Kier molecular flexibility index (Phi) is 3.18. The third kappa shape index (κ3) is 1.84. The molecule has 1 N–H and O–H groups in total. The zero-order valence-electron chi connectivity index (χ0n) is 14.4. The van der Waals surface area contributed by atoms with Crippen LogP contribution < -0.4 is 0 Å². The molecule has 0 aromatic rings. The van der Waals surface area contributed by atoms with Crippen LogP contribution in [0, 0.1) is 40.9 Å². The van der Waals surface area contributed by atoms with Gasteiger partial charge in [0.15, 0.2) is 5.78 Å². The summed E-state index contributed by atoms with van der Waals surface area (Å²) < 4.78 is 0. The normalized spacial score (nSPS) is 52.0. The van der Waals surface area contributed by atoms with Gasteiger partial charge in [0, 0.05) is 11.8 Å². The first kappa shape index (κ1) is 15.5. The summed E-state index contributed by atoms with van der Waals surface area (Å²) in [6.07, 6.45) is 15.6. The average Bonchev–Trinajstić information content (AvgIpc) is 2.80. The molecule has 0 bridgehead atoms. The Morgan fingerprint density at radius 3 is 2.61 bits per heavy atom. The predicted molar refractivity (Wildman–Crippen MR) is 90.5 cm³/mol. The molecule has 0 spiro atoms. The van der Waals surface area contributed by atoms with Gasteiger partial charge < -0.3 is 5.11 Å². The minimum Gasteiger partial charge on any atom is -0.377 e. The van der Waals surface area contributed by atoms with Gasteiger partial charge >= 0.3 is 0 Å². The van der Waals surface area contributed by atoms with E-state index in [9.17, 15) is 9.90 Å². The minimum atomic E-state index is -0.914. The van der Waals surface area contributed by atoms with E-state index in [1.165, 1.54) is 12.0 Å². The molecule has 0 radical (unpaired) electrons. The molecule has 2 heteroatoms. The molecule has 0 unspecified atom stereocenters. The van der Waals surface area contributed by atoms with Crippen molar-refractivity contribution in [2.24, 2.45) is 28.6 Å². The van der Waals surface area contributed by atoms with Crippen LogP contribution in [-0.2, 0) is 4.79 Å². The van der Waals surface area contributed by atoms with Crippen molar-refractivity contribution >= 4 is 5.78 Å². The van der Waals surface area contributed by atoms with Crippen LogP contribution in [0.3, 0.4) is 0 Å². The van der Waals surface area contributed by atoms with Gasteiger partial charge in [0.05, 0.1) is 0 Å². The van der Waals surface area contributed by atoms with Crippen LogP contribution in [0.4, 0.5) is 0 Å². The molecule has 0 heterocycles. The van der Waals surface area contributed by atoms with Crippen molar-refractivity contribution < 1.29 is 9.90 Å². The van der Waals surface area contributed by atoms with Crippen LogP contribution >= 0.6 is 0 Å². The fraction of sp³-hybridized carbons (Fsp3) is 0.762. The molecule has 2 nitrogen and oxygen atoms in total. The number of carbonyl (C=O) groups excluding carboxylic acids is 1. The first-order chi connectivity index (χ1) is 10.8. The van der Waals surface area contributed by atoms with Crippen LogP contribution in [0.5, 0.6) is 0 Å². The molecule has 0 aromatic heterocycles. The number of fused-ring (bicyclic) bond motifs is 5. The third-order valence-electron chi connectivity index (χ3n) is 8.35. The molecule has 23 heavy (non-hydrogen) atoms. The van der Waals surface area contributed by atoms with Gasteiger partial charge in [0.1, 0.15) is 5.60 Å². The second-order valence-electron chi connectivity index (χ2n) is 8.97. The molecule has 4 aliphatic rings.